The fourth-order valence-corrected chi connectivity index (χ4v) is 3.97. The second-order valence-corrected chi connectivity index (χ2v) is 7.70. The number of rotatable bonds is 3. The third-order valence-corrected chi connectivity index (χ3v) is 5.32. The van der Waals surface area contributed by atoms with Crippen molar-refractivity contribution in [2.24, 2.45) is 0 Å². The minimum Gasteiger partial charge on any atom is -0.336 e. The Hall–Kier alpha value is -1.50. The van der Waals surface area contributed by atoms with E-state index in [1.165, 1.54) is 4.90 Å². The topological polar surface area (TPSA) is 80.2 Å². The molecule has 1 fully saturated rings. The molecular formula is C13H19N3O3S. The molecule has 1 aliphatic rings. The summed E-state index contributed by atoms with van der Waals surface area (Å²) < 4.78 is 22.9. The molecule has 7 heteroatoms. The van der Waals surface area contributed by atoms with E-state index in [2.05, 4.69) is 10.2 Å². The lowest BCUT2D eigenvalue weighted by Crippen LogP contribution is -2.38. The van der Waals surface area contributed by atoms with Crippen molar-refractivity contribution in [1.29, 1.82) is 0 Å². The summed E-state index contributed by atoms with van der Waals surface area (Å²) in [6.07, 6.45) is 0.488. The Kier molecular flexibility index (Phi) is 4.08. The molecule has 2 heterocycles. The van der Waals surface area contributed by atoms with E-state index in [1.54, 1.807) is 19.2 Å². The van der Waals surface area contributed by atoms with Crippen molar-refractivity contribution in [3.63, 3.8) is 0 Å². The molecule has 0 aromatic carbocycles. The smallest absolute Gasteiger partial charge is 0.274 e. The van der Waals surface area contributed by atoms with Gasteiger partial charge >= 0.3 is 0 Å². The van der Waals surface area contributed by atoms with Gasteiger partial charge in [0, 0.05) is 13.1 Å². The van der Waals surface area contributed by atoms with Gasteiger partial charge in [-0.15, -0.1) is 5.10 Å². The second kappa shape index (κ2) is 5.47. The number of nitrogens with zero attached hydrogens (tertiary/aromatic N) is 3. The minimum atomic E-state index is -3.00. The van der Waals surface area contributed by atoms with Gasteiger partial charge in [0.2, 0.25) is 0 Å². The van der Waals surface area contributed by atoms with Crippen LogP contribution in [-0.2, 0) is 9.84 Å². The average molecular weight is 297 g/mol. The van der Waals surface area contributed by atoms with E-state index in [4.69, 9.17) is 0 Å². The van der Waals surface area contributed by atoms with E-state index in [-0.39, 0.29) is 35.1 Å². The van der Waals surface area contributed by atoms with Gasteiger partial charge in [0.05, 0.1) is 17.2 Å². The summed E-state index contributed by atoms with van der Waals surface area (Å²) in [5.41, 5.74) is 1.08. The van der Waals surface area contributed by atoms with Crippen LogP contribution in [0.5, 0.6) is 0 Å². The fraction of sp³-hybridized carbons (Fsp3) is 0.615. The van der Waals surface area contributed by atoms with Crippen molar-refractivity contribution in [2.75, 3.05) is 18.6 Å². The molecule has 0 saturated carbocycles. The highest BCUT2D eigenvalue weighted by atomic mass is 32.2. The van der Waals surface area contributed by atoms with Crippen molar-refractivity contribution in [1.82, 2.24) is 15.1 Å². The standard InChI is InChI=1S/C13H19N3O3S/c1-9(2)11-4-5-12(15-14-11)13(17)16(3)10-6-7-20(18,19)8-10/h4-5,9-10H,6-8H2,1-3H3. The summed E-state index contributed by atoms with van der Waals surface area (Å²) in [6.45, 7) is 4.00. The summed E-state index contributed by atoms with van der Waals surface area (Å²) in [7, 11) is -1.39. The SMILES string of the molecule is CC(C)c1ccc(C(=O)N(C)C2CCS(=O)(=O)C2)nn1. The van der Waals surface area contributed by atoms with Gasteiger partial charge in [0.25, 0.3) is 5.91 Å². The van der Waals surface area contributed by atoms with Gasteiger partial charge in [0.1, 0.15) is 0 Å². The number of amides is 1. The lowest BCUT2D eigenvalue weighted by Gasteiger charge is -2.22. The van der Waals surface area contributed by atoms with Crippen molar-refractivity contribution in [2.45, 2.75) is 32.2 Å². The van der Waals surface area contributed by atoms with Crippen LogP contribution in [0.15, 0.2) is 12.1 Å². The van der Waals surface area contributed by atoms with Gasteiger partial charge in [-0.3, -0.25) is 4.79 Å². The van der Waals surface area contributed by atoms with Crippen LogP contribution in [0.3, 0.4) is 0 Å². The third kappa shape index (κ3) is 3.15. The van der Waals surface area contributed by atoms with Crippen molar-refractivity contribution in [3.8, 4) is 0 Å². The number of aromatic nitrogens is 2. The molecule has 0 N–H and O–H groups in total. The first-order chi connectivity index (χ1) is 9.30. The molecule has 1 atom stereocenters. The Morgan fingerprint density at radius 2 is 2.05 bits per heavy atom. The largest absolute Gasteiger partial charge is 0.336 e. The van der Waals surface area contributed by atoms with Crippen LogP contribution >= 0.6 is 0 Å². The predicted molar refractivity (Wildman–Crippen MR) is 75.3 cm³/mol. The van der Waals surface area contributed by atoms with Gasteiger partial charge in [-0.05, 0) is 24.5 Å². The number of carbonyl (C=O) groups is 1. The molecular weight excluding hydrogens is 278 g/mol. The maximum Gasteiger partial charge on any atom is 0.274 e. The molecule has 1 saturated heterocycles. The molecule has 2 rings (SSSR count). The van der Waals surface area contributed by atoms with E-state index in [9.17, 15) is 13.2 Å². The number of carbonyl (C=O) groups excluding carboxylic acids is 1. The summed E-state index contributed by atoms with van der Waals surface area (Å²) in [6, 6.07) is 3.16. The zero-order valence-electron chi connectivity index (χ0n) is 11.9. The normalized spacial score (nSPS) is 21.1. The molecule has 0 bridgehead atoms. The fourth-order valence-electron chi connectivity index (χ4n) is 2.19. The molecule has 20 heavy (non-hydrogen) atoms. The summed E-state index contributed by atoms with van der Waals surface area (Å²) >= 11 is 0. The lowest BCUT2D eigenvalue weighted by atomic mass is 10.1. The van der Waals surface area contributed by atoms with Gasteiger partial charge in [-0.2, -0.15) is 5.10 Å². The van der Waals surface area contributed by atoms with Crippen molar-refractivity contribution in [3.05, 3.63) is 23.5 Å². The Balaban J connectivity index is 2.11. The van der Waals surface area contributed by atoms with Gasteiger partial charge < -0.3 is 4.90 Å². The molecule has 1 amide bonds. The van der Waals surface area contributed by atoms with Gasteiger partial charge in [-0.25, -0.2) is 8.42 Å². The molecule has 0 spiro atoms. The molecule has 0 aliphatic carbocycles. The number of hydrogen-bond donors (Lipinski definition) is 0. The average Bonchev–Trinajstić information content (AvgIpc) is 2.77. The maximum absolute atomic E-state index is 12.3. The summed E-state index contributed by atoms with van der Waals surface area (Å²) in [4.78, 5) is 13.7. The molecule has 110 valence electrons. The van der Waals surface area contributed by atoms with Crippen LogP contribution in [-0.4, -0.2) is 54.0 Å². The Bertz CT molecular complexity index is 596. The van der Waals surface area contributed by atoms with Crippen LogP contribution in [0.1, 0.15) is 42.4 Å². The highest BCUT2D eigenvalue weighted by Gasteiger charge is 2.33. The highest BCUT2D eigenvalue weighted by Crippen LogP contribution is 2.18. The van der Waals surface area contributed by atoms with Crippen LogP contribution in [0, 0.1) is 0 Å². The Labute approximate surface area is 119 Å². The van der Waals surface area contributed by atoms with E-state index >= 15 is 0 Å². The van der Waals surface area contributed by atoms with Gasteiger partial charge in [-0.1, -0.05) is 13.8 Å². The van der Waals surface area contributed by atoms with E-state index < -0.39 is 9.84 Å². The molecule has 1 unspecified atom stereocenters. The second-order valence-electron chi connectivity index (χ2n) is 5.47. The maximum atomic E-state index is 12.3. The van der Waals surface area contributed by atoms with Crippen molar-refractivity contribution >= 4 is 15.7 Å². The molecule has 6 nitrogen and oxygen atoms in total. The first-order valence-corrected chi connectivity index (χ1v) is 8.43. The van der Waals surface area contributed by atoms with Gasteiger partial charge in [0.15, 0.2) is 15.5 Å². The zero-order valence-corrected chi connectivity index (χ0v) is 12.7. The van der Waals surface area contributed by atoms with E-state index in [0.717, 1.165) is 5.69 Å². The van der Waals surface area contributed by atoms with Crippen molar-refractivity contribution < 1.29 is 13.2 Å². The monoisotopic (exact) mass is 297 g/mol. The summed E-state index contributed by atoms with van der Waals surface area (Å²) in [5.74, 6) is 0.152. The first kappa shape index (κ1) is 14.9. The van der Waals surface area contributed by atoms with Crippen LogP contribution in [0.4, 0.5) is 0 Å². The summed E-state index contributed by atoms with van der Waals surface area (Å²) in [5, 5.41) is 7.96. The Morgan fingerprint density at radius 3 is 2.50 bits per heavy atom. The zero-order chi connectivity index (χ0) is 14.9. The quantitative estimate of drug-likeness (QED) is 0.826. The highest BCUT2D eigenvalue weighted by molar-refractivity contribution is 7.91. The minimum absolute atomic E-state index is 0.0345. The van der Waals surface area contributed by atoms with Crippen LogP contribution in [0.2, 0.25) is 0 Å². The predicted octanol–water partition coefficient (Wildman–Crippen LogP) is 0.859. The lowest BCUT2D eigenvalue weighted by molar-refractivity contribution is 0.0740. The Morgan fingerprint density at radius 1 is 1.35 bits per heavy atom. The third-order valence-electron chi connectivity index (χ3n) is 3.57. The number of hydrogen-bond acceptors (Lipinski definition) is 5. The molecule has 1 aliphatic heterocycles. The molecule has 0 radical (unpaired) electrons. The molecule has 1 aromatic rings. The van der Waals surface area contributed by atoms with E-state index in [1.807, 2.05) is 13.8 Å². The molecule has 1 aromatic heterocycles. The van der Waals surface area contributed by atoms with Crippen LogP contribution in [0.25, 0.3) is 0 Å². The number of sulfone groups is 1. The van der Waals surface area contributed by atoms with E-state index in [0.29, 0.717) is 6.42 Å². The van der Waals surface area contributed by atoms with Crippen LogP contribution < -0.4 is 0 Å². The first-order valence-electron chi connectivity index (χ1n) is 6.61.